The SMILES string of the molecule is CC(C)(C)CCCCCCc1cccc(CCCCCCC(C)(C)C(=O)O)c1. The van der Waals surface area contributed by atoms with E-state index in [2.05, 4.69) is 45.0 Å². The van der Waals surface area contributed by atoms with Gasteiger partial charge in [-0.25, -0.2) is 0 Å². The van der Waals surface area contributed by atoms with Crippen molar-refractivity contribution in [2.75, 3.05) is 0 Å². The third kappa shape index (κ3) is 11.5. The maximum Gasteiger partial charge on any atom is 0.309 e. The highest BCUT2D eigenvalue weighted by atomic mass is 16.4. The van der Waals surface area contributed by atoms with Gasteiger partial charge in [0, 0.05) is 0 Å². The van der Waals surface area contributed by atoms with Gasteiger partial charge in [0.15, 0.2) is 0 Å². The number of carbonyl (C=O) groups is 1. The van der Waals surface area contributed by atoms with Gasteiger partial charge in [-0.05, 0) is 68.9 Å². The molecule has 2 heteroatoms. The summed E-state index contributed by atoms with van der Waals surface area (Å²) in [6, 6.07) is 9.12. The van der Waals surface area contributed by atoms with Gasteiger partial charge in [-0.15, -0.1) is 0 Å². The summed E-state index contributed by atoms with van der Waals surface area (Å²) in [7, 11) is 0. The quantitative estimate of drug-likeness (QED) is 0.330. The number of hydrogen-bond acceptors (Lipinski definition) is 1. The van der Waals surface area contributed by atoms with Gasteiger partial charge in [0.05, 0.1) is 5.41 Å². The molecule has 0 amide bonds. The molecule has 0 radical (unpaired) electrons. The van der Waals surface area contributed by atoms with E-state index in [0.717, 1.165) is 25.7 Å². The molecule has 2 nitrogen and oxygen atoms in total. The lowest BCUT2D eigenvalue weighted by molar-refractivity contribution is -0.147. The summed E-state index contributed by atoms with van der Waals surface area (Å²) in [6.07, 6.45) is 14.3. The highest BCUT2D eigenvalue weighted by molar-refractivity contribution is 5.73. The standard InChI is InChI=1S/C26H44O2/c1-25(2,3)19-12-8-6-10-15-22-17-14-18-23(21-22)16-11-7-9-13-20-26(4,5)24(27)28/h14,17-18,21H,6-13,15-16,19-20H2,1-5H3,(H,27,28). The molecule has 0 aliphatic rings. The molecule has 160 valence electrons. The van der Waals surface area contributed by atoms with Crippen molar-refractivity contribution < 1.29 is 9.90 Å². The number of carboxylic acid groups (broad SMARTS) is 1. The number of hydrogen-bond donors (Lipinski definition) is 1. The van der Waals surface area contributed by atoms with Crippen LogP contribution in [0.1, 0.15) is 110 Å². The number of aliphatic carboxylic acids is 1. The van der Waals surface area contributed by atoms with Crippen LogP contribution in [0.2, 0.25) is 0 Å². The number of benzene rings is 1. The minimum atomic E-state index is -0.682. The monoisotopic (exact) mass is 388 g/mol. The molecule has 1 rings (SSSR count). The number of carboxylic acids is 1. The Kier molecular flexibility index (Phi) is 10.9. The van der Waals surface area contributed by atoms with E-state index in [4.69, 9.17) is 5.11 Å². The molecule has 0 aliphatic heterocycles. The smallest absolute Gasteiger partial charge is 0.309 e. The number of unbranched alkanes of at least 4 members (excludes halogenated alkanes) is 6. The predicted octanol–water partition coefficient (Wildman–Crippen LogP) is 7.83. The van der Waals surface area contributed by atoms with Crippen LogP contribution in [0.15, 0.2) is 24.3 Å². The van der Waals surface area contributed by atoms with Crippen LogP contribution in [-0.2, 0) is 17.6 Å². The average molecular weight is 389 g/mol. The van der Waals surface area contributed by atoms with Crippen molar-refractivity contribution >= 4 is 5.97 Å². The van der Waals surface area contributed by atoms with Crippen LogP contribution in [0.25, 0.3) is 0 Å². The fraction of sp³-hybridized carbons (Fsp3) is 0.731. The second-order valence-electron chi connectivity index (χ2n) is 10.4. The van der Waals surface area contributed by atoms with Gasteiger partial charge in [0.25, 0.3) is 0 Å². The van der Waals surface area contributed by atoms with E-state index in [9.17, 15) is 4.79 Å². The predicted molar refractivity (Wildman–Crippen MR) is 121 cm³/mol. The third-order valence-electron chi connectivity index (χ3n) is 5.73. The summed E-state index contributed by atoms with van der Waals surface area (Å²) >= 11 is 0. The van der Waals surface area contributed by atoms with Crippen LogP contribution in [0.5, 0.6) is 0 Å². The molecule has 0 aromatic heterocycles. The number of rotatable bonds is 14. The first-order valence-corrected chi connectivity index (χ1v) is 11.4. The van der Waals surface area contributed by atoms with Crippen LogP contribution < -0.4 is 0 Å². The zero-order valence-corrected chi connectivity index (χ0v) is 19.2. The number of aryl methyl sites for hydroxylation is 2. The molecule has 0 bridgehead atoms. The van der Waals surface area contributed by atoms with Crippen molar-refractivity contribution in [2.45, 2.75) is 112 Å². The molecule has 0 saturated heterocycles. The third-order valence-corrected chi connectivity index (χ3v) is 5.73. The Morgan fingerprint density at radius 2 is 1.21 bits per heavy atom. The lowest BCUT2D eigenvalue weighted by atomic mass is 9.87. The summed E-state index contributed by atoms with van der Waals surface area (Å²) in [5.74, 6) is -0.682. The van der Waals surface area contributed by atoms with Gasteiger partial charge in [-0.3, -0.25) is 4.79 Å². The topological polar surface area (TPSA) is 37.3 Å². The van der Waals surface area contributed by atoms with Crippen LogP contribution in [0, 0.1) is 10.8 Å². The summed E-state index contributed by atoms with van der Waals surface area (Å²) < 4.78 is 0. The molecular weight excluding hydrogens is 344 g/mol. The first-order chi connectivity index (χ1) is 13.1. The Morgan fingerprint density at radius 3 is 1.68 bits per heavy atom. The molecule has 0 unspecified atom stereocenters. The van der Waals surface area contributed by atoms with Crippen molar-refractivity contribution in [3.05, 3.63) is 35.4 Å². The average Bonchev–Trinajstić information content (AvgIpc) is 2.60. The second kappa shape index (κ2) is 12.3. The van der Waals surface area contributed by atoms with Crippen LogP contribution in [-0.4, -0.2) is 11.1 Å². The van der Waals surface area contributed by atoms with Gasteiger partial charge < -0.3 is 5.11 Å². The van der Waals surface area contributed by atoms with Gasteiger partial charge in [0.2, 0.25) is 0 Å². The molecule has 1 aromatic carbocycles. The summed E-state index contributed by atoms with van der Waals surface area (Å²) in [5, 5.41) is 9.15. The molecule has 0 atom stereocenters. The van der Waals surface area contributed by atoms with E-state index >= 15 is 0 Å². The molecule has 0 saturated carbocycles. The van der Waals surface area contributed by atoms with Gasteiger partial charge in [-0.2, -0.15) is 0 Å². The Bertz CT molecular complexity index is 566. The lowest BCUT2D eigenvalue weighted by Crippen LogP contribution is -2.23. The second-order valence-corrected chi connectivity index (χ2v) is 10.4. The fourth-order valence-electron chi connectivity index (χ4n) is 3.64. The fourth-order valence-corrected chi connectivity index (χ4v) is 3.64. The molecular formula is C26H44O2. The Balaban J connectivity index is 2.17. The lowest BCUT2D eigenvalue weighted by Gasteiger charge is -2.18. The van der Waals surface area contributed by atoms with Crippen molar-refractivity contribution in [3.8, 4) is 0 Å². The maximum absolute atomic E-state index is 11.1. The Hall–Kier alpha value is -1.31. The molecule has 0 aliphatic carbocycles. The summed E-state index contributed by atoms with van der Waals surface area (Å²) in [4.78, 5) is 11.1. The minimum Gasteiger partial charge on any atom is -0.481 e. The van der Waals surface area contributed by atoms with E-state index in [-0.39, 0.29) is 0 Å². The van der Waals surface area contributed by atoms with Crippen molar-refractivity contribution in [1.29, 1.82) is 0 Å². The Morgan fingerprint density at radius 1 is 0.750 bits per heavy atom. The first kappa shape index (κ1) is 24.7. The van der Waals surface area contributed by atoms with Crippen LogP contribution in [0.4, 0.5) is 0 Å². The normalized spacial score (nSPS) is 12.3. The van der Waals surface area contributed by atoms with E-state index in [1.165, 1.54) is 62.5 Å². The molecule has 0 heterocycles. The molecule has 0 spiro atoms. The zero-order chi connectivity index (χ0) is 21.0. The van der Waals surface area contributed by atoms with Crippen molar-refractivity contribution in [2.24, 2.45) is 10.8 Å². The minimum absolute atomic E-state index is 0.473. The van der Waals surface area contributed by atoms with E-state index in [1.54, 1.807) is 0 Å². The zero-order valence-electron chi connectivity index (χ0n) is 19.2. The molecule has 1 aromatic rings. The van der Waals surface area contributed by atoms with Crippen LogP contribution >= 0.6 is 0 Å². The summed E-state index contributed by atoms with van der Waals surface area (Å²) in [6.45, 7) is 10.6. The van der Waals surface area contributed by atoms with Gasteiger partial charge in [-0.1, -0.05) is 83.6 Å². The molecule has 1 N–H and O–H groups in total. The largest absolute Gasteiger partial charge is 0.481 e. The molecule has 28 heavy (non-hydrogen) atoms. The van der Waals surface area contributed by atoms with Crippen LogP contribution in [0.3, 0.4) is 0 Å². The van der Waals surface area contributed by atoms with Gasteiger partial charge >= 0.3 is 5.97 Å². The highest BCUT2D eigenvalue weighted by Crippen LogP contribution is 2.24. The van der Waals surface area contributed by atoms with Crippen molar-refractivity contribution in [3.63, 3.8) is 0 Å². The molecule has 0 fully saturated rings. The van der Waals surface area contributed by atoms with E-state index in [1.807, 2.05) is 13.8 Å². The maximum atomic E-state index is 11.1. The first-order valence-electron chi connectivity index (χ1n) is 11.4. The summed E-state index contributed by atoms with van der Waals surface area (Å²) in [5.41, 5.74) is 2.83. The van der Waals surface area contributed by atoms with Gasteiger partial charge in [0.1, 0.15) is 0 Å². The van der Waals surface area contributed by atoms with E-state index in [0.29, 0.717) is 5.41 Å². The highest BCUT2D eigenvalue weighted by Gasteiger charge is 2.25. The van der Waals surface area contributed by atoms with Crippen molar-refractivity contribution in [1.82, 2.24) is 0 Å². The van der Waals surface area contributed by atoms with E-state index < -0.39 is 11.4 Å². The Labute approximate surface area is 174 Å².